The van der Waals surface area contributed by atoms with E-state index in [1.807, 2.05) is 48.6 Å². The van der Waals surface area contributed by atoms with Crippen molar-refractivity contribution in [3.05, 3.63) is 161 Å². The molecule has 0 unspecified atom stereocenters. The zero-order chi connectivity index (χ0) is 29.9. The number of phenols is 1. The van der Waals surface area contributed by atoms with Crippen LogP contribution in [0.1, 0.15) is 16.7 Å². The lowest BCUT2D eigenvalue weighted by Crippen LogP contribution is -2.99. The van der Waals surface area contributed by atoms with Crippen molar-refractivity contribution in [3.8, 4) is 5.75 Å². The summed E-state index contributed by atoms with van der Waals surface area (Å²) in [5.41, 5.74) is 9.90. The van der Waals surface area contributed by atoms with Gasteiger partial charge in [-0.3, -0.25) is 9.69 Å². The van der Waals surface area contributed by atoms with Crippen molar-refractivity contribution in [1.82, 2.24) is 0 Å². The van der Waals surface area contributed by atoms with Crippen LogP contribution in [-0.2, 0) is 11.8 Å². The molecule has 0 saturated carbocycles. The number of carbonyl (C=O) groups is 1. The molecule has 1 aromatic heterocycles. The lowest BCUT2D eigenvalue weighted by molar-refractivity contribution is -0.736. The number of rotatable bonds is 1. The molecule has 5 aromatic carbocycles. The number of nitrogens with one attached hydrogen (secondary N) is 1. The van der Waals surface area contributed by atoms with E-state index in [4.69, 9.17) is 0 Å². The van der Waals surface area contributed by atoms with E-state index in [1.165, 1.54) is 4.90 Å². The highest BCUT2D eigenvalue weighted by Crippen LogP contribution is 2.38. The Balaban J connectivity index is 1.59. The zero-order valence-electron chi connectivity index (χ0n) is 24.5. The van der Waals surface area contributed by atoms with Crippen LogP contribution >= 0.6 is 0 Å². The van der Waals surface area contributed by atoms with Crippen molar-refractivity contribution in [1.29, 1.82) is 0 Å². The molecule has 0 atom stereocenters. The average Bonchev–Trinajstić information content (AvgIpc) is 3.06. The highest BCUT2D eigenvalue weighted by atomic mass is 16.3. The third-order valence-electron chi connectivity index (χ3n) is 9.13. The number of hydrogen-bond acceptors (Lipinski definition) is 2. The van der Waals surface area contributed by atoms with E-state index in [9.17, 15) is 9.90 Å². The van der Waals surface area contributed by atoms with Crippen molar-refractivity contribution < 1.29 is 19.4 Å². The molecule has 0 spiro atoms. The number of aromatic hydroxyl groups is 1. The molecule has 6 aromatic rings. The van der Waals surface area contributed by atoms with Gasteiger partial charge in [-0.2, -0.15) is 4.57 Å². The SMILES string of the molecule is C[n+]1c2ccccc2c(C2=CC=CC(=O)C2=c2c(O)cccc2=C2c3ccccc3[NH+](C)c3ccccc32)c2ccccc21. The number of carbonyl (C=O) groups excluding carboxylic acids is 1. The van der Waals surface area contributed by atoms with Crippen LogP contribution in [0.5, 0.6) is 5.75 Å². The minimum absolute atomic E-state index is 0.0795. The van der Waals surface area contributed by atoms with Gasteiger partial charge in [-0.05, 0) is 47.2 Å². The van der Waals surface area contributed by atoms with Crippen LogP contribution in [0.25, 0.3) is 38.5 Å². The number of allylic oxidation sites excluding steroid dienone is 4. The van der Waals surface area contributed by atoms with Gasteiger partial charge in [0, 0.05) is 57.3 Å². The first-order chi connectivity index (χ1) is 21.5. The third-order valence-corrected chi connectivity index (χ3v) is 9.13. The molecule has 8 rings (SSSR count). The van der Waals surface area contributed by atoms with Gasteiger partial charge in [0.2, 0.25) is 11.0 Å². The van der Waals surface area contributed by atoms with E-state index in [0.29, 0.717) is 10.8 Å². The minimum Gasteiger partial charge on any atom is -0.507 e. The zero-order valence-corrected chi connectivity index (χ0v) is 24.5. The number of ketones is 1. The molecule has 2 N–H and O–H groups in total. The van der Waals surface area contributed by atoms with E-state index in [2.05, 4.69) is 91.5 Å². The highest BCUT2D eigenvalue weighted by molar-refractivity contribution is 6.38. The molecular formula is C40H30N2O2+2. The Kier molecular flexibility index (Phi) is 5.93. The summed E-state index contributed by atoms with van der Waals surface area (Å²) in [6, 6.07) is 39.0. The molecule has 1 aliphatic heterocycles. The maximum Gasteiger partial charge on any atom is 0.213 e. The summed E-state index contributed by atoms with van der Waals surface area (Å²) in [6.45, 7) is 0. The molecule has 0 bridgehead atoms. The number of phenolic OH excluding ortho intramolecular Hbond substituents is 1. The third kappa shape index (κ3) is 3.75. The fourth-order valence-electron chi connectivity index (χ4n) is 7.17. The summed E-state index contributed by atoms with van der Waals surface area (Å²) in [4.78, 5) is 15.4. The first-order valence-corrected chi connectivity index (χ1v) is 14.9. The van der Waals surface area contributed by atoms with Gasteiger partial charge in [0.15, 0.2) is 5.78 Å². The summed E-state index contributed by atoms with van der Waals surface area (Å²) in [6.07, 6.45) is 5.45. The molecule has 0 amide bonds. The van der Waals surface area contributed by atoms with E-state index >= 15 is 0 Å². The molecule has 4 heteroatoms. The molecule has 44 heavy (non-hydrogen) atoms. The lowest BCUT2D eigenvalue weighted by atomic mass is 9.83. The lowest BCUT2D eigenvalue weighted by Gasteiger charge is -2.27. The van der Waals surface area contributed by atoms with Gasteiger partial charge in [-0.1, -0.05) is 72.8 Å². The minimum atomic E-state index is -0.132. The number of para-hydroxylation sites is 4. The average molecular weight is 571 g/mol. The normalized spacial score (nSPS) is 17.0. The van der Waals surface area contributed by atoms with Crippen molar-refractivity contribution in [2.24, 2.45) is 7.05 Å². The molecule has 4 nitrogen and oxygen atoms in total. The second-order valence-electron chi connectivity index (χ2n) is 11.4. The molecule has 0 saturated heterocycles. The van der Waals surface area contributed by atoms with Gasteiger partial charge in [-0.25, -0.2) is 0 Å². The van der Waals surface area contributed by atoms with E-state index in [1.54, 1.807) is 12.1 Å². The molecule has 0 radical (unpaired) electrons. The van der Waals surface area contributed by atoms with Crippen LogP contribution in [0.15, 0.2) is 133 Å². The molecule has 2 heterocycles. The van der Waals surface area contributed by atoms with Gasteiger partial charge in [0.25, 0.3) is 0 Å². The maximum atomic E-state index is 14.2. The Labute approximate surface area is 255 Å². The van der Waals surface area contributed by atoms with Gasteiger partial charge in [0.1, 0.15) is 24.2 Å². The first-order valence-electron chi connectivity index (χ1n) is 14.9. The predicted molar refractivity (Wildman–Crippen MR) is 176 cm³/mol. The van der Waals surface area contributed by atoms with Crippen LogP contribution < -0.4 is 19.9 Å². The first kappa shape index (κ1) is 26.1. The summed E-state index contributed by atoms with van der Waals surface area (Å²) in [5, 5.41) is 15.2. The fraction of sp³-hybridized carbons (Fsp3) is 0.0500. The van der Waals surface area contributed by atoms with Crippen molar-refractivity contribution in [2.75, 3.05) is 7.05 Å². The Hall–Kier alpha value is -5.58. The van der Waals surface area contributed by atoms with Crippen LogP contribution in [-0.4, -0.2) is 17.9 Å². The van der Waals surface area contributed by atoms with Crippen LogP contribution in [0.3, 0.4) is 0 Å². The summed E-state index contributed by atoms with van der Waals surface area (Å²) >= 11 is 0. The molecule has 1 aliphatic carbocycles. The Morgan fingerprint density at radius 3 is 1.86 bits per heavy atom. The van der Waals surface area contributed by atoms with Gasteiger partial charge in [0.05, 0.1) is 17.8 Å². The smallest absolute Gasteiger partial charge is 0.213 e. The Morgan fingerprint density at radius 1 is 0.659 bits per heavy atom. The topological polar surface area (TPSA) is 45.6 Å². The summed E-state index contributed by atoms with van der Waals surface area (Å²) in [5.74, 6) is -0.0525. The predicted octanol–water partition coefficient (Wildman–Crippen LogP) is 4.93. The number of fused-ring (bicyclic) bond motifs is 4. The summed E-state index contributed by atoms with van der Waals surface area (Å²) < 4.78 is 2.20. The standard InChI is InChI=1S/C40H28N2O2/c1-41-31-19-7-3-13-25(31)37(26-14-4-8-20-32(26)41)29-17-11-23-35(43)39(29)40-30(18-12-24-36(40)44)38-27-15-5-9-21-33(27)42(2)34-22-10-6-16-28(34)38/h3-24H,1-2H3/p+2. The molecular weight excluding hydrogens is 540 g/mol. The second-order valence-corrected chi connectivity index (χ2v) is 11.4. The number of quaternary nitrogens is 1. The fourth-order valence-corrected chi connectivity index (χ4v) is 7.17. The number of nitrogens with zero attached hydrogens (tertiary/aromatic N) is 1. The highest BCUT2D eigenvalue weighted by Gasteiger charge is 2.31. The van der Waals surface area contributed by atoms with Crippen molar-refractivity contribution in [3.63, 3.8) is 0 Å². The Bertz CT molecular complexity index is 2290. The number of pyridine rings is 1. The molecule has 210 valence electrons. The number of aromatic nitrogens is 1. The number of hydrogen-bond donors (Lipinski definition) is 2. The maximum absolute atomic E-state index is 14.2. The summed E-state index contributed by atoms with van der Waals surface area (Å²) in [7, 11) is 4.24. The van der Waals surface area contributed by atoms with Crippen LogP contribution in [0.4, 0.5) is 11.4 Å². The van der Waals surface area contributed by atoms with E-state index < -0.39 is 0 Å². The number of aryl methyl sites for hydroxylation is 1. The molecule has 2 aliphatic rings. The Morgan fingerprint density at radius 2 is 1.23 bits per heavy atom. The van der Waals surface area contributed by atoms with Crippen molar-refractivity contribution in [2.45, 2.75) is 0 Å². The number of benzene rings is 5. The monoisotopic (exact) mass is 570 g/mol. The van der Waals surface area contributed by atoms with Crippen molar-refractivity contribution >= 4 is 55.7 Å². The second kappa shape index (κ2) is 10.0. The largest absolute Gasteiger partial charge is 0.507 e. The van der Waals surface area contributed by atoms with E-state index in [0.717, 1.165) is 66.2 Å². The quantitative estimate of drug-likeness (QED) is 0.218. The van der Waals surface area contributed by atoms with Gasteiger partial charge >= 0.3 is 0 Å². The van der Waals surface area contributed by atoms with Crippen LogP contribution in [0.2, 0.25) is 0 Å². The van der Waals surface area contributed by atoms with E-state index in [-0.39, 0.29) is 11.5 Å². The van der Waals surface area contributed by atoms with Gasteiger partial charge in [-0.15, -0.1) is 0 Å². The van der Waals surface area contributed by atoms with Gasteiger partial charge < -0.3 is 5.11 Å². The molecule has 0 fully saturated rings. The van der Waals surface area contributed by atoms with Crippen LogP contribution in [0, 0.1) is 0 Å².